The molecular weight excluding hydrogens is 144 g/mol. The van der Waals surface area contributed by atoms with Gasteiger partial charge in [0.15, 0.2) is 0 Å². The largest absolute Gasteiger partial charge is 0.379 e. The molecule has 0 aliphatic carbocycles. The summed E-state index contributed by atoms with van der Waals surface area (Å²) in [4.78, 5) is 0. The summed E-state index contributed by atoms with van der Waals surface area (Å²) < 4.78 is 16.1. The Labute approximate surface area is 66.6 Å². The van der Waals surface area contributed by atoms with Crippen molar-refractivity contribution in [1.82, 2.24) is 0 Å². The van der Waals surface area contributed by atoms with Gasteiger partial charge in [0.1, 0.15) is 5.60 Å². The highest BCUT2D eigenvalue weighted by atomic mass is 16.6. The van der Waals surface area contributed by atoms with E-state index in [0.717, 1.165) is 45.9 Å². The van der Waals surface area contributed by atoms with E-state index in [2.05, 4.69) is 0 Å². The van der Waals surface area contributed by atoms with Crippen LogP contribution in [0.25, 0.3) is 0 Å². The van der Waals surface area contributed by atoms with Crippen LogP contribution in [0.1, 0.15) is 12.8 Å². The summed E-state index contributed by atoms with van der Waals surface area (Å²) in [5.41, 5.74) is 0.0732. The number of hydrogen-bond acceptors (Lipinski definition) is 3. The van der Waals surface area contributed by atoms with Crippen LogP contribution in [0.4, 0.5) is 0 Å². The lowest BCUT2D eigenvalue weighted by molar-refractivity contribution is -0.224. The van der Waals surface area contributed by atoms with Gasteiger partial charge < -0.3 is 14.2 Å². The summed E-state index contributed by atoms with van der Waals surface area (Å²) in [7, 11) is 0. The van der Waals surface area contributed by atoms with E-state index in [1.165, 1.54) is 0 Å². The zero-order valence-electron chi connectivity index (χ0n) is 6.67. The van der Waals surface area contributed by atoms with Gasteiger partial charge in [0.05, 0.1) is 26.4 Å². The van der Waals surface area contributed by atoms with Crippen molar-refractivity contribution in [1.29, 1.82) is 0 Å². The van der Waals surface area contributed by atoms with Crippen molar-refractivity contribution in [3.63, 3.8) is 0 Å². The third-order valence-electron chi connectivity index (χ3n) is 2.29. The summed E-state index contributed by atoms with van der Waals surface area (Å²) in [5.74, 6) is 0. The lowest BCUT2D eigenvalue weighted by atomic mass is 9.95. The third kappa shape index (κ3) is 1.55. The van der Waals surface area contributed by atoms with E-state index in [9.17, 15) is 0 Å². The fourth-order valence-corrected chi connectivity index (χ4v) is 1.55. The van der Waals surface area contributed by atoms with E-state index in [0.29, 0.717) is 0 Å². The van der Waals surface area contributed by atoms with Gasteiger partial charge >= 0.3 is 0 Å². The van der Waals surface area contributed by atoms with Gasteiger partial charge in [0.2, 0.25) is 0 Å². The quantitative estimate of drug-likeness (QED) is 0.516. The minimum absolute atomic E-state index is 0.0732. The van der Waals surface area contributed by atoms with Crippen LogP contribution in [0.15, 0.2) is 0 Å². The SMILES string of the molecule is C1COCCOC2(C1)COC2. The summed E-state index contributed by atoms with van der Waals surface area (Å²) in [6, 6.07) is 0. The van der Waals surface area contributed by atoms with Gasteiger partial charge in [-0.1, -0.05) is 0 Å². The molecule has 64 valence electrons. The van der Waals surface area contributed by atoms with Crippen molar-refractivity contribution < 1.29 is 14.2 Å². The lowest BCUT2D eigenvalue weighted by Gasteiger charge is -2.42. The van der Waals surface area contributed by atoms with E-state index in [1.807, 2.05) is 0 Å². The van der Waals surface area contributed by atoms with Crippen molar-refractivity contribution in [2.45, 2.75) is 18.4 Å². The molecule has 0 unspecified atom stereocenters. The molecule has 0 amide bonds. The highest BCUT2D eigenvalue weighted by molar-refractivity contribution is 4.87. The predicted molar refractivity (Wildman–Crippen MR) is 39.6 cm³/mol. The Hall–Kier alpha value is -0.120. The molecule has 0 saturated carbocycles. The van der Waals surface area contributed by atoms with Crippen LogP contribution in [-0.2, 0) is 14.2 Å². The monoisotopic (exact) mass is 158 g/mol. The molecule has 0 aromatic carbocycles. The zero-order chi connectivity index (χ0) is 7.57. The Morgan fingerprint density at radius 1 is 0.909 bits per heavy atom. The zero-order valence-corrected chi connectivity index (χ0v) is 6.67. The molecule has 0 radical (unpaired) electrons. The Kier molecular flexibility index (Phi) is 2.11. The first-order chi connectivity index (χ1) is 5.41. The van der Waals surface area contributed by atoms with Gasteiger partial charge in [-0.3, -0.25) is 0 Å². The minimum atomic E-state index is 0.0732. The first kappa shape index (κ1) is 7.53. The van der Waals surface area contributed by atoms with Crippen molar-refractivity contribution >= 4 is 0 Å². The maximum atomic E-state index is 5.66. The fraction of sp³-hybridized carbons (Fsp3) is 1.00. The van der Waals surface area contributed by atoms with Crippen LogP contribution in [0.3, 0.4) is 0 Å². The summed E-state index contributed by atoms with van der Waals surface area (Å²) in [6.45, 7) is 3.91. The Morgan fingerprint density at radius 3 is 2.55 bits per heavy atom. The van der Waals surface area contributed by atoms with Gasteiger partial charge in [-0.25, -0.2) is 0 Å². The molecular formula is C8H14O3. The molecule has 0 aromatic heterocycles. The Morgan fingerprint density at radius 2 is 1.82 bits per heavy atom. The molecule has 1 spiro atoms. The molecule has 2 fully saturated rings. The molecule has 0 bridgehead atoms. The molecule has 0 N–H and O–H groups in total. The first-order valence-corrected chi connectivity index (χ1v) is 4.21. The lowest BCUT2D eigenvalue weighted by Crippen LogP contribution is -2.53. The smallest absolute Gasteiger partial charge is 0.115 e. The number of rotatable bonds is 0. The van der Waals surface area contributed by atoms with Crippen molar-refractivity contribution in [3.05, 3.63) is 0 Å². The minimum Gasteiger partial charge on any atom is -0.379 e. The van der Waals surface area contributed by atoms with E-state index >= 15 is 0 Å². The second-order valence-corrected chi connectivity index (χ2v) is 3.24. The summed E-state index contributed by atoms with van der Waals surface area (Å²) in [6.07, 6.45) is 2.19. The van der Waals surface area contributed by atoms with Crippen LogP contribution in [0, 0.1) is 0 Å². The second kappa shape index (κ2) is 3.09. The number of hydrogen-bond donors (Lipinski definition) is 0. The van der Waals surface area contributed by atoms with E-state index in [-0.39, 0.29) is 5.60 Å². The first-order valence-electron chi connectivity index (χ1n) is 4.21. The predicted octanol–water partition coefficient (Wildman–Crippen LogP) is 0.582. The number of ether oxygens (including phenoxy) is 3. The van der Waals surface area contributed by atoms with Gasteiger partial charge in [0.25, 0.3) is 0 Å². The van der Waals surface area contributed by atoms with Crippen LogP contribution in [0.2, 0.25) is 0 Å². The third-order valence-corrected chi connectivity index (χ3v) is 2.29. The second-order valence-electron chi connectivity index (χ2n) is 3.24. The Bertz CT molecular complexity index is 121. The van der Waals surface area contributed by atoms with Crippen LogP contribution >= 0.6 is 0 Å². The molecule has 3 heteroatoms. The Balaban J connectivity index is 1.86. The average molecular weight is 158 g/mol. The highest BCUT2D eigenvalue weighted by Crippen LogP contribution is 2.28. The standard InChI is InChI=1S/C8H14O3/c1-2-8(6-10-7-8)11-5-4-9-3-1/h1-7H2. The van der Waals surface area contributed by atoms with E-state index in [1.54, 1.807) is 0 Å². The van der Waals surface area contributed by atoms with Gasteiger partial charge in [-0.2, -0.15) is 0 Å². The summed E-state index contributed by atoms with van der Waals surface area (Å²) >= 11 is 0. The van der Waals surface area contributed by atoms with Crippen molar-refractivity contribution in [2.75, 3.05) is 33.0 Å². The molecule has 3 nitrogen and oxygen atoms in total. The van der Waals surface area contributed by atoms with Crippen molar-refractivity contribution in [3.8, 4) is 0 Å². The average Bonchev–Trinajstić information content (AvgIpc) is 1.82. The topological polar surface area (TPSA) is 27.7 Å². The normalized spacial score (nSPS) is 30.5. The molecule has 2 saturated heterocycles. The van der Waals surface area contributed by atoms with Gasteiger partial charge in [-0.15, -0.1) is 0 Å². The molecule has 2 aliphatic heterocycles. The molecule has 0 atom stereocenters. The highest BCUT2D eigenvalue weighted by Gasteiger charge is 2.39. The van der Waals surface area contributed by atoms with Crippen LogP contribution in [-0.4, -0.2) is 38.6 Å². The molecule has 2 heterocycles. The van der Waals surface area contributed by atoms with E-state index in [4.69, 9.17) is 14.2 Å². The molecule has 11 heavy (non-hydrogen) atoms. The van der Waals surface area contributed by atoms with Gasteiger partial charge in [-0.05, 0) is 12.8 Å². The van der Waals surface area contributed by atoms with E-state index < -0.39 is 0 Å². The molecule has 2 rings (SSSR count). The molecule has 0 aromatic rings. The van der Waals surface area contributed by atoms with Crippen LogP contribution in [0.5, 0.6) is 0 Å². The van der Waals surface area contributed by atoms with Crippen molar-refractivity contribution in [2.24, 2.45) is 0 Å². The molecule has 2 aliphatic rings. The van der Waals surface area contributed by atoms with Gasteiger partial charge in [0, 0.05) is 6.61 Å². The van der Waals surface area contributed by atoms with Crippen LogP contribution < -0.4 is 0 Å². The fourth-order valence-electron chi connectivity index (χ4n) is 1.55. The maximum Gasteiger partial charge on any atom is 0.115 e. The maximum absolute atomic E-state index is 5.66. The summed E-state index contributed by atoms with van der Waals surface area (Å²) in [5, 5.41) is 0.